The number of nitrogens with one attached hydrogen (secondary N) is 1. The van der Waals surface area contributed by atoms with Gasteiger partial charge in [0.1, 0.15) is 6.54 Å². The van der Waals surface area contributed by atoms with Crippen molar-refractivity contribution in [2.45, 2.75) is 18.9 Å². The molecule has 9 nitrogen and oxygen atoms in total. The number of rotatable bonds is 6. The van der Waals surface area contributed by atoms with Crippen LogP contribution in [0.3, 0.4) is 0 Å². The van der Waals surface area contributed by atoms with Crippen LogP contribution in [-0.4, -0.2) is 58.8 Å². The highest BCUT2D eigenvalue weighted by molar-refractivity contribution is 5.90. The van der Waals surface area contributed by atoms with Gasteiger partial charge in [-0.1, -0.05) is 0 Å². The smallest absolute Gasteiger partial charge is 0.325 e. The zero-order chi connectivity index (χ0) is 15.4. The summed E-state index contributed by atoms with van der Waals surface area (Å²) < 4.78 is 9.95. The molecule has 2 amide bonds. The van der Waals surface area contributed by atoms with Crippen LogP contribution in [-0.2, 0) is 4.79 Å². The number of nitrogens with zero attached hydrogens (tertiary/aromatic N) is 3. The molecule has 1 aromatic heterocycles. The molecule has 0 spiro atoms. The highest BCUT2D eigenvalue weighted by Crippen LogP contribution is 2.27. The van der Waals surface area contributed by atoms with E-state index in [1.54, 1.807) is 0 Å². The van der Waals surface area contributed by atoms with Crippen molar-refractivity contribution < 1.29 is 24.2 Å². The van der Waals surface area contributed by atoms with E-state index in [1.807, 2.05) is 0 Å². The molecule has 0 atom stereocenters. The summed E-state index contributed by atoms with van der Waals surface area (Å²) in [5.41, 5.74) is 0. The second kappa shape index (κ2) is 6.25. The summed E-state index contributed by atoms with van der Waals surface area (Å²) in [5, 5.41) is 11.3. The molecule has 1 aromatic rings. The fourth-order valence-corrected chi connectivity index (χ4v) is 1.74. The van der Waals surface area contributed by atoms with Gasteiger partial charge in [-0.15, -0.1) is 0 Å². The molecule has 0 unspecified atom stereocenters. The van der Waals surface area contributed by atoms with Gasteiger partial charge in [-0.05, 0) is 12.8 Å². The first kappa shape index (κ1) is 14.8. The molecule has 2 rings (SSSR count). The first-order valence-electron chi connectivity index (χ1n) is 6.30. The Morgan fingerprint density at radius 2 is 1.90 bits per heavy atom. The molecule has 1 fully saturated rings. The predicted octanol–water partition coefficient (Wildman–Crippen LogP) is 0.575. The van der Waals surface area contributed by atoms with Gasteiger partial charge in [0.15, 0.2) is 0 Å². The van der Waals surface area contributed by atoms with E-state index in [0.717, 1.165) is 12.8 Å². The summed E-state index contributed by atoms with van der Waals surface area (Å²) in [7, 11) is 2.85. The van der Waals surface area contributed by atoms with E-state index >= 15 is 0 Å². The quantitative estimate of drug-likeness (QED) is 0.789. The Labute approximate surface area is 120 Å². The Bertz CT molecular complexity index is 524. The minimum Gasteiger partial charge on any atom is -0.481 e. The van der Waals surface area contributed by atoms with E-state index in [9.17, 15) is 9.59 Å². The lowest BCUT2D eigenvalue weighted by atomic mass is 10.5. The number of hydrogen-bond donors (Lipinski definition) is 2. The Morgan fingerprint density at radius 3 is 2.33 bits per heavy atom. The lowest BCUT2D eigenvalue weighted by Crippen LogP contribution is -2.40. The van der Waals surface area contributed by atoms with Gasteiger partial charge in [0.05, 0.1) is 20.3 Å². The maximum Gasteiger partial charge on any atom is 0.325 e. The summed E-state index contributed by atoms with van der Waals surface area (Å²) in [5.74, 6) is -0.616. The number of urea groups is 1. The van der Waals surface area contributed by atoms with Crippen LogP contribution in [0.4, 0.5) is 10.7 Å². The third-order valence-corrected chi connectivity index (χ3v) is 2.87. The number of methoxy groups -OCH3 is 2. The zero-order valence-electron chi connectivity index (χ0n) is 11.7. The van der Waals surface area contributed by atoms with Crippen LogP contribution in [0.25, 0.3) is 0 Å². The van der Waals surface area contributed by atoms with Crippen molar-refractivity contribution in [1.82, 2.24) is 14.9 Å². The number of ether oxygens (including phenoxy) is 2. The van der Waals surface area contributed by atoms with Crippen molar-refractivity contribution in [2.75, 3.05) is 26.1 Å². The molecule has 0 bridgehead atoms. The van der Waals surface area contributed by atoms with Gasteiger partial charge < -0.3 is 19.5 Å². The average Bonchev–Trinajstić information content (AvgIpc) is 3.28. The number of carboxylic acid groups (broad SMARTS) is 1. The van der Waals surface area contributed by atoms with Crippen LogP contribution in [0.15, 0.2) is 6.07 Å². The largest absolute Gasteiger partial charge is 0.481 e. The Morgan fingerprint density at radius 1 is 1.33 bits per heavy atom. The Hall–Kier alpha value is -2.58. The number of amides is 2. The number of aliphatic carboxylic acids is 1. The molecule has 114 valence electrons. The van der Waals surface area contributed by atoms with Crippen molar-refractivity contribution in [3.8, 4) is 11.8 Å². The van der Waals surface area contributed by atoms with Gasteiger partial charge in [-0.25, -0.2) is 4.79 Å². The first-order chi connectivity index (χ1) is 10.0. The van der Waals surface area contributed by atoms with Crippen LogP contribution < -0.4 is 14.8 Å². The lowest BCUT2D eigenvalue weighted by Gasteiger charge is -2.20. The number of aromatic nitrogens is 2. The van der Waals surface area contributed by atoms with E-state index in [-0.39, 0.29) is 30.3 Å². The Kier molecular flexibility index (Phi) is 4.41. The number of anilines is 1. The number of carboxylic acids is 1. The molecular weight excluding hydrogens is 280 g/mol. The van der Waals surface area contributed by atoms with Crippen molar-refractivity contribution in [3.63, 3.8) is 0 Å². The minimum atomic E-state index is -1.07. The third kappa shape index (κ3) is 3.94. The molecular formula is C12H16N4O5. The second-order valence-electron chi connectivity index (χ2n) is 4.46. The molecule has 2 N–H and O–H groups in total. The third-order valence-electron chi connectivity index (χ3n) is 2.87. The molecule has 1 saturated carbocycles. The number of carbonyl (C=O) groups is 2. The van der Waals surface area contributed by atoms with Gasteiger partial charge in [-0.2, -0.15) is 9.97 Å². The summed E-state index contributed by atoms with van der Waals surface area (Å²) in [6.07, 6.45) is 1.59. The molecule has 1 aliphatic carbocycles. The predicted molar refractivity (Wildman–Crippen MR) is 71.5 cm³/mol. The van der Waals surface area contributed by atoms with Crippen molar-refractivity contribution in [1.29, 1.82) is 0 Å². The van der Waals surface area contributed by atoms with E-state index in [1.165, 1.54) is 25.2 Å². The van der Waals surface area contributed by atoms with Crippen LogP contribution in [0.5, 0.6) is 11.8 Å². The molecule has 0 radical (unpaired) electrons. The van der Waals surface area contributed by atoms with E-state index in [2.05, 4.69) is 15.3 Å². The van der Waals surface area contributed by atoms with E-state index < -0.39 is 12.0 Å². The molecule has 9 heteroatoms. The zero-order valence-corrected chi connectivity index (χ0v) is 11.7. The van der Waals surface area contributed by atoms with Gasteiger partial charge in [-0.3, -0.25) is 10.1 Å². The fourth-order valence-electron chi connectivity index (χ4n) is 1.74. The summed E-state index contributed by atoms with van der Waals surface area (Å²) in [6, 6.07) is 0.856. The molecule has 1 heterocycles. The Balaban J connectivity index is 2.11. The summed E-state index contributed by atoms with van der Waals surface area (Å²) >= 11 is 0. The highest BCUT2D eigenvalue weighted by atomic mass is 16.5. The molecule has 21 heavy (non-hydrogen) atoms. The van der Waals surface area contributed by atoms with Gasteiger partial charge in [0.2, 0.25) is 17.7 Å². The molecule has 0 saturated heterocycles. The van der Waals surface area contributed by atoms with Crippen molar-refractivity contribution in [2.24, 2.45) is 0 Å². The highest BCUT2D eigenvalue weighted by Gasteiger charge is 2.34. The minimum absolute atomic E-state index is 0.00719. The maximum absolute atomic E-state index is 12.1. The maximum atomic E-state index is 12.1. The van der Waals surface area contributed by atoms with Crippen LogP contribution in [0, 0.1) is 0 Å². The van der Waals surface area contributed by atoms with Crippen molar-refractivity contribution in [3.05, 3.63) is 6.07 Å². The lowest BCUT2D eigenvalue weighted by molar-refractivity contribution is -0.137. The molecule has 0 aromatic carbocycles. The van der Waals surface area contributed by atoms with E-state index in [4.69, 9.17) is 14.6 Å². The number of carbonyl (C=O) groups excluding carboxylic acids is 1. The average molecular weight is 296 g/mol. The van der Waals surface area contributed by atoms with Gasteiger partial charge in [0.25, 0.3) is 0 Å². The fraction of sp³-hybridized carbons (Fsp3) is 0.500. The van der Waals surface area contributed by atoms with Crippen LogP contribution in [0.2, 0.25) is 0 Å². The SMILES string of the molecule is COc1cc(OC)nc(NC(=O)N(CC(=O)O)C2CC2)n1. The van der Waals surface area contributed by atoms with Crippen molar-refractivity contribution >= 4 is 17.9 Å². The monoisotopic (exact) mass is 296 g/mol. The van der Waals surface area contributed by atoms with Gasteiger partial charge >= 0.3 is 12.0 Å². The normalized spacial score (nSPS) is 13.4. The molecule has 0 aliphatic heterocycles. The standard InChI is InChI=1S/C12H16N4O5/c1-20-8-5-9(21-2)14-11(13-8)15-12(19)16(6-10(17)18)7-3-4-7/h5,7H,3-4,6H2,1-2H3,(H,17,18)(H,13,14,15,19). The van der Waals surface area contributed by atoms with E-state index in [0.29, 0.717) is 0 Å². The van der Waals surface area contributed by atoms with Crippen LogP contribution >= 0.6 is 0 Å². The molecule has 1 aliphatic rings. The number of hydrogen-bond acceptors (Lipinski definition) is 6. The summed E-state index contributed by atoms with van der Waals surface area (Å²) in [4.78, 5) is 32.1. The first-order valence-corrected chi connectivity index (χ1v) is 6.30. The van der Waals surface area contributed by atoms with Crippen LogP contribution in [0.1, 0.15) is 12.8 Å². The summed E-state index contributed by atoms with van der Waals surface area (Å²) in [6.45, 7) is -0.363. The van der Waals surface area contributed by atoms with Gasteiger partial charge in [0, 0.05) is 6.04 Å². The topological polar surface area (TPSA) is 114 Å². The second-order valence-corrected chi connectivity index (χ2v) is 4.46.